The second-order valence-corrected chi connectivity index (χ2v) is 4.61. The molecule has 0 saturated heterocycles. The van der Waals surface area contributed by atoms with Crippen LogP contribution in [0.2, 0.25) is 0 Å². The molecule has 104 valence electrons. The van der Waals surface area contributed by atoms with E-state index in [1.807, 2.05) is 30.3 Å². The van der Waals surface area contributed by atoms with Crippen molar-refractivity contribution in [2.75, 3.05) is 0 Å². The van der Waals surface area contributed by atoms with E-state index < -0.39 is 17.9 Å². The molecule has 19 heavy (non-hydrogen) atoms. The molecule has 0 aliphatic carbocycles. The van der Waals surface area contributed by atoms with Gasteiger partial charge in [-0.25, -0.2) is 9.86 Å². The molecule has 0 bridgehead atoms. The van der Waals surface area contributed by atoms with E-state index in [1.54, 1.807) is 13.8 Å². The molecule has 1 amide bonds. The first kappa shape index (κ1) is 15.2. The lowest BCUT2D eigenvalue weighted by atomic mass is 10.2. The Hall–Kier alpha value is -1.88. The van der Waals surface area contributed by atoms with Crippen LogP contribution in [0.1, 0.15) is 26.3 Å². The number of carbonyl (C=O) groups is 2. The minimum Gasteiger partial charge on any atom is -0.459 e. The Bertz CT molecular complexity index is 430. The van der Waals surface area contributed by atoms with Gasteiger partial charge >= 0.3 is 5.97 Å². The van der Waals surface area contributed by atoms with E-state index in [4.69, 9.17) is 4.74 Å². The molecular weight excluding hydrogens is 246 g/mol. The highest BCUT2D eigenvalue weighted by atomic mass is 16.6. The smallest absolute Gasteiger partial charge is 0.331 e. The Morgan fingerprint density at radius 1 is 1.21 bits per heavy atom. The number of rotatable bonds is 5. The van der Waals surface area contributed by atoms with Gasteiger partial charge < -0.3 is 4.74 Å². The minimum atomic E-state index is -1.02. The molecule has 1 aromatic rings. The Kier molecular flexibility index (Phi) is 5.51. The van der Waals surface area contributed by atoms with Gasteiger partial charge in [-0.15, -0.1) is 0 Å². The average Bonchev–Trinajstić information content (AvgIpc) is 2.43. The van der Waals surface area contributed by atoms with E-state index in [-0.39, 0.29) is 12.5 Å². The molecule has 0 spiro atoms. The zero-order chi connectivity index (χ0) is 14.4. The minimum absolute atomic E-state index is 0.119. The van der Waals surface area contributed by atoms with Gasteiger partial charge in [0.15, 0.2) is 6.04 Å². The molecule has 1 N–H and O–H groups in total. The van der Waals surface area contributed by atoms with Gasteiger partial charge in [0.05, 0.1) is 0 Å². The molecule has 5 heteroatoms. The molecule has 0 fully saturated rings. The molecule has 5 nitrogen and oxygen atoms in total. The Morgan fingerprint density at radius 2 is 1.79 bits per heavy atom. The van der Waals surface area contributed by atoms with E-state index in [9.17, 15) is 14.8 Å². The standard InChI is InChI=1S/C14H19NO4/c1-10(2)13(16)15(18)11(3)14(17)19-9-12-7-5-4-6-8-12/h4-8,10-11,18H,9H2,1-3H3. The van der Waals surface area contributed by atoms with Gasteiger partial charge in [0.25, 0.3) is 0 Å². The maximum absolute atomic E-state index is 11.7. The Morgan fingerprint density at radius 3 is 2.32 bits per heavy atom. The van der Waals surface area contributed by atoms with Gasteiger partial charge in [-0.2, -0.15) is 0 Å². The molecule has 0 saturated carbocycles. The predicted octanol–water partition coefficient (Wildman–Crippen LogP) is 1.99. The Balaban J connectivity index is 2.51. The van der Waals surface area contributed by atoms with Crippen LogP contribution in [0.3, 0.4) is 0 Å². The van der Waals surface area contributed by atoms with Crippen molar-refractivity contribution >= 4 is 11.9 Å². The fraction of sp³-hybridized carbons (Fsp3) is 0.429. The zero-order valence-electron chi connectivity index (χ0n) is 11.4. The summed E-state index contributed by atoms with van der Waals surface area (Å²) in [5, 5.41) is 10.0. The van der Waals surface area contributed by atoms with Crippen LogP contribution < -0.4 is 0 Å². The van der Waals surface area contributed by atoms with Gasteiger partial charge in [-0.1, -0.05) is 44.2 Å². The fourth-order valence-electron chi connectivity index (χ4n) is 1.40. The highest BCUT2D eigenvalue weighted by Crippen LogP contribution is 2.07. The number of esters is 1. The summed E-state index contributed by atoms with van der Waals surface area (Å²) >= 11 is 0. The average molecular weight is 265 g/mol. The van der Waals surface area contributed by atoms with Crippen molar-refractivity contribution in [3.63, 3.8) is 0 Å². The van der Waals surface area contributed by atoms with Crippen molar-refractivity contribution in [3.8, 4) is 0 Å². The van der Waals surface area contributed by atoms with Gasteiger partial charge in [0.1, 0.15) is 6.61 Å². The molecule has 0 aliphatic heterocycles. The first-order chi connectivity index (χ1) is 8.93. The number of ether oxygens (including phenoxy) is 1. The molecule has 0 heterocycles. The van der Waals surface area contributed by atoms with Crippen molar-refractivity contribution in [3.05, 3.63) is 35.9 Å². The van der Waals surface area contributed by atoms with E-state index in [0.29, 0.717) is 5.06 Å². The van der Waals surface area contributed by atoms with Crippen LogP contribution in [-0.4, -0.2) is 28.2 Å². The first-order valence-electron chi connectivity index (χ1n) is 6.16. The summed E-state index contributed by atoms with van der Waals surface area (Å²) in [6.45, 7) is 4.84. The summed E-state index contributed by atoms with van der Waals surface area (Å²) in [5.41, 5.74) is 0.850. The number of benzene rings is 1. The number of carbonyl (C=O) groups excluding carboxylic acids is 2. The van der Waals surface area contributed by atoms with Crippen molar-refractivity contribution in [2.45, 2.75) is 33.4 Å². The highest BCUT2D eigenvalue weighted by molar-refractivity contribution is 5.84. The van der Waals surface area contributed by atoms with Crippen molar-refractivity contribution in [2.24, 2.45) is 5.92 Å². The van der Waals surface area contributed by atoms with E-state index in [2.05, 4.69) is 0 Å². The summed E-state index contributed by atoms with van der Waals surface area (Å²) in [6, 6.07) is 8.19. The predicted molar refractivity (Wildman–Crippen MR) is 69.2 cm³/mol. The van der Waals surface area contributed by atoms with Crippen LogP contribution in [0.5, 0.6) is 0 Å². The third-order valence-electron chi connectivity index (χ3n) is 2.65. The number of amides is 1. The summed E-state index contributed by atoms with van der Waals surface area (Å²) in [7, 11) is 0. The lowest BCUT2D eigenvalue weighted by Crippen LogP contribution is -2.43. The van der Waals surface area contributed by atoms with Crippen LogP contribution in [0.4, 0.5) is 0 Å². The van der Waals surface area contributed by atoms with Gasteiger partial charge in [-0.3, -0.25) is 10.0 Å². The van der Waals surface area contributed by atoms with E-state index >= 15 is 0 Å². The normalized spacial score (nSPS) is 12.1. The maximum Gasteiger partial charge on any atom is 0.331 e. The van der Waals surface area contributed by atoms with Crippen LogP contribution in [0.25, 0.3) is 0 Å². The topological polar surface area (TPSA) is 66.8 Å². The Labute approximate surface area is 112 Å². The quantitative estimate of drug-likeness (QED) is 0.502. The lowest BCUT2D eigenvalue weighted by molar-refractivity contribution is -0.189. The number of hydrogen-bond donors (Lipinski definition) is 1. The highest BCUT2D eigenvalue weighted by Gasteiger charge is 2.27. The van der Waals surface area contributed by atoms with Crippen LogP contribution in [0, 0.1) is 5.92 Å². The summed E-state index contributed by atoms with van der Waals surface area (Å²) < 4.78 is 5.05. The van der Waals surface area contributed by atoms with Crippen molar-refractivity contribution in [1.29, 1.82) is 0 Å². The third-order valence-corrected chi connectivity index (χ3v) is 2.65. The monoisotopic (exact) mass is 265 g/mol. The largest absolute Gasteiger partial charge is 0.459 e. The summed E-state index contributed by atoms with van der Waals surface area (Å²) in [5.74, 6) is -1.53. The van der Waals surface area contributed by atoms with Gasteiger partial charge in [-0.05, 0) is 12.5 Å². The van der Waals surface area contributed by atoms with Crippen molar-refractivity contribution in [1.82, 2.24) is 5.06 Å². The number of nitrogens with zero attached hydrogens (tertiary/aromatic N) is 1. The molecular formula is C14H19NO4. The summed E-state index contributed by atoms with van der Waals surface area (Å²) in [6.07, 6.45) is 0. The van der Waals surface area contributed by atoms with Crippen molar-refractivity contribution < 1.29 is 19.5 Å². The fourth-order valence-corrected chi connectivity index (χ4v) is 1.40. The maximum atomic E-state index is 11.7. The molecule has 1 atom stereocenters. The van der Waals surface area contributed by atoms with E-state index in [0.717, 1.165) is 5.56 Å². The third kappa shape index (κ3) is 4.37. The molecule has 0 radical (unpaired) electrons. The van der Waals surface area contributed by atoms with E-state index in [1.165, 1.54) is 6.92 Å². The molecule has 0 aromatic heterocycles. The van der Waals surface area contributed by atoms with Crippen LogP contribution in [0.15, 0.2) is 30.3 Å². The second-order valence-electron chi connectivity index (χ2n) is 4.61. The SMILES string of the molecule is CC(C)C(=O)N(O)C(C)C(=O)OCc1ccccc1. The number of hydroxylamine groups is 2. The first-order valence-corrected chi connectivity index (χ1v) is 6.16. The zero-order valence-corrected chi connectivity index (χ0v) is 11.4. The summed E-state index contributed by atoms with van der Waals surface area (Å²) in [4.78, 5) is 23.2. The second kappa shape index (κ2) is 6.89. The molecule has 1 unspecified atom stereocenters. The van der Waals surface area contributed by atoms with Crippen LogP contribution in [-0.2, 0) is 20.9 Å². The van der Waals surface area contributed by atoms with Gasteiger partial charge in [0.2, 0.25) is 5.91 Å². The molecule has 0 aliphatic rings. The molecule has 1 rings (SSSR count). The number of hydrogen-bond acceptors (Lipinski definition) is 4. The van der Waals surface area contributed by atoms with Gasteiger partial charge in [0, 0.05) is 5.92 Å². The van der Waals surface area contributed by atoms with Crippen LogP contribution >= 0.6 is 0 Å². The lowest BCUT2D eigenvalue weighted by Gasteiger charge is -2.22. The molecule has 1 aromatic carbocycles.